The molecule has 0 aliphatic heterocycles. The van der Waals surface area contributed by atoms with E-state index in [0.29, 0.717) is 28.5 Å². The van der Waals surface area contributed by atoms with Crippen LogP contribution in [0.1, 0.15) is 46.4 Å². The zero-order chi connectivity index (χ0) is 20.1. The van der Waals surface area contributed by atoms with E-state index in [-0.39, 0.29) is 11.7 Å². The van der Waals surface area contributed by atoms with E-state index in [0.717, 1.165) is 10.7 Å². The monoisotopic (exact) mass is 414 g/mol. The third-order valence-electron chi connectivity index (χ3n) is 4.17. The van der Waals surface area contributed by atoms with Crippen LogP contribution >= 0.6 is 11.3 Å². The zero-order valence-electron chi connectivity index (χ0n) is 15.8. The molecule has 0 aliphatic rings. The van der Waals surface area contributed by atoms with Crippen molar-refractivity contribution < 1.29 is 13.2 Å². The predicted octanol–water partition coefficient (Wildman–Crippen LogP) is 4.17. The number of carbonyl (C=O) groups excluding carboxylic acids is 1. The fraction of sp³-hybridized carbons (Fsp3) is 0.238. The Morgan fingerprint density at radius 2 is 1.75 bits per heavy atom. The number of sulfone groups is 1. The molecule has 3 aromatic rings. The predicted molar refractivity (Wildman–Crippen MR) is 111 cm³/mol. The number of aromatic nitrogens is 1. The lowest BCUT2D eigenvalue weighted by atomic mass is 10.1. The van der Waals surface area contributed by atoms with Gasteiger partial charge in [0.1, 0.15) is 0 Å². The van der Waals surface area contributed by atoms with Crippen LogP contribution in [-0.4, -0.2) is 19.3 Å². The molecule has 0 atom stereocenters. The Hall–Kier alpha value is -2.51. The van der Waals surface area contributed by atoms with E-state index in [1.165, 1.54) is 0 Å². The van der Waals surface area contributed by atoms with Crippen LogP contribution in [0, 0.1) is 0 Å². The second kappa shape index (κ2) is 8.67. The van der Waals surface area contributed by atoms with Gasteiger partial charge in [-0.1, -0.05) is 44.2 Å². The number of thiazole rings is 1. The standard InChI is InChI=1S/C21H22N2O3S2/c1-15(2)21-23-18(13-27-21)12-22-20(24)17-10-8-16(9-11-17)14-28(25,26)19-6-4-3-5-7-19/h3-11,13,15H,12,14H2,1-2H3,(H,22,24). The van der Waals surface area contributed by atoms with Gasteiger partial charge in [0, 0.05) is 16.9 Å². The minimum absolute atomic E-state index is 0.101. The van der Waals surface area contributed by atoms with Crippen LogP contribution in [0.3, 0.4) is 0 Å². The van der Waals surface area contributed by atoms with Gasteiger partial charge in [-0.15, -0.1) is 11.3 Å². The highest BCUT2D eigenvalue weighted by molar-refractivity contribution is 7.90. The number of nitrogens with zero attached hydrogens (tertiary/aromatic N) is 1. The Kier molecular flexibility index (Phi) is 6.26. The van der Waals surface area contributed by atoms with Crippen molar-refractivity contribution in [2.75, 3.05) is 0 Å². The summed E-state index contributed by atoms with van der Waals surface area (Å²) in [6.45, 7) is 4.54. The third-order valence-corrected chi connectivity index (χ3v) is 7.07. The molecule has 0 saturated heterocycles. The Morgan fingerprint density at radius 3 is 2.36 bits per heavy atom. The van der Waals surface area contributed by atoms with E-state index in [2.05, 4.69) is 24.1 Å². The summed E-state index contributed by atoms with van der Waals surface area (Å²) in [6.07, 6.45) is 0. The van der Waals surface area contributed by atoms with Crippen molar-refractivity contribution in [3.8, 4) is 0 Å². The number of hydrogen-bond acceptors (Lipinski definition) is 5. The van der Waals surface area contributed by atoms with Gasteiger partial charge in [0.05, 0.1) is 27.9 Å². The molecule has 146 valence electrons. The molecule has 0 saturated carbocycles. The van der Waals surface area contributed by atoms with Gasteiger partial charge in [0.15, 0.2) is 9.84 Å². The summed E-state index contributed by atoms with van der Waals surface area (Å²) >= 11 is 1.59. The molecule has 0 bridgehead atoms. The lowest BCUT2D eigenvalue weighted by Crippen LogP contribution is -2.23. The topological polar surface area (TPSA) is 76.1 Å². The zero-order valence-corrected chi connectivity index (χ0v) is 17.4. The summed E-state index contributed by atoms with van der Waals surface area (Å²) in [4.78, 5) is 17.1. The van der Waals surface area contributed by atoms with Gasteiger partial charge in [0.25, 0.3) is 5.91 Å². The second-order valence-corrected chi connectivity index (χ2v) is 9.66. The van der Waals surface area contributed by atoms with Crippen molar-refractivity contribution in [1.29, 1.82) is 0 Å². The molecule has 3 rings (SSSR count). The first kappa shape index (κ1) is 20.2. The minimum Gasteiger partial charge on any atom is -0.346 e. The van der Waals surface area contributed by atoms with Gasteiger partial charge in [-0.3, -0.25) is 4.79 Å². The van der Waals surface area contributed by atoms with Gasteiger partial charge >= 0.3 is 0 Å². The largest absolute Gasteiger partial charge is 0.346 e. The van der Waals surface area contributed by atoms with Crippen LogP contribution in [0.4, 0.5) is 0 Å². The highest BCUT2D eigenvalue weighted by Crippen LogP contribution is 2.19. The summed E-state index contributed by atoms with van der Waals surface area (Å²) in [5.41, 5.74) is 1.97. The number of amides is 1. The lowest BCUT2D eigenvalue weighted by Gasteiger charge is -2.07. The molecular weight excluding hydrogens is 392 g/mol. The summed E-state index contributed by atoms with van der Waals surface area (Å²) in [7, 11) is -3.41. The average Bonchev–Trinajstić information content (AvgIpc) is 3.16. The Bertz CT molecular complexity index is 1040. The highest BCUT2D eigenvalue weighted by Gasteiger charge is 2.15. The first-order chi connectivity index (χ1) is 13.3. The smallest absolute Gasteiger partial charge is 0.251 e. The molecule has 0 unspecified atom stereocenters. The number of carbonyl (C=O) groups is 1. The van der Waals surface area contributed by atoms with Crippen LogP contribution in [0.5, 0.6) is 0 Å². The molecule has 1 N–H and O–H groups in total. The van der Waals surface area contributed by atoms with Crippen molar-refractivity contribution in [3.63, 3.8) is 0 Å². The summed E-state index contributed by atoms with van der Waals surface area (Å²) in [5.74, 6) is 0.0566. The molecular formula is C21H22N2O3S2. The van der Waals surface area contributed by atoms with Gasteiger partial charge < -0.3 is 5.32 Å². The Labute approximate surface area is 169 Å². The van der Waals surface area contributed by atoms with E-state index < -0.39 is 9.84 Å². The molecule has 1 aromatic heterocycles. The maximum atomic E-state index is 12.4. The number of benzene rings is 2. The van der Waals surface area contributed by atoms with E-state index in [9.17, 15) is 13.2 Å². The van der Waals surface area contributed by atoms with Crippen LogP contribution in [0.15, 0.2) is 64.9 Å². The van der Waals surface area contributed by atoms with E-state index in [1.807, 2.05) is 5.38 Å². The van der Waals surface area contributed by atoms with Crippen LogP contribution in [-0.2, 0) is 22.1 Å². The number of nitrogens with one attached hydrogen (secondary N) is 1. The molecule has 1 amide bonds. The lowest BCUT2D eigenvalue weighted by molar-refractivity contribution is 0.0950. The highest BCUT2D eigenvalue weighted by atomic mass is 32.2. The fourth-order valence-corrected chi connectivity index (χ4v) is 4.83. The molecule has 1 heterocycles. The van der Waals surface area contributed by atoms with Crippen LogP contribution in [0.2, 0.25) is 0 Å². The van der Waals surface area contributed by atoms with Crippen molar-refractivity contribution in [3.05, 3.63) is 81.8 Å². The van der Waals surface area contributed by atoms with Crippen molar-refractivity contribution in [1.82, 2.24) is 10.3 Å². The molecule has 7 heteroatoms. The quantitative estimate of drug-likeness (QED) is 0.629. The maximum Gasteiger partial charge on any atom is 0.251 e. The molecule has 0 fully saturated rings. The van der Waals surface area contributed by atoms with Crippen molar-refractivity contribution in [2.45, 2.75) is 37.0 Å². The van der Waals surface area contributed by atoms with Crippen molar-refractivity contribution >= 4 is 27.1 Å². The van der Waals surface area contributed by atoms with Crippen LogP contribution < -0.4 is 5.32 Å². The molecule has 28 heavy (non-hydrogen) atoms. The van der Waals surface area contributed by atoms with Crippen molar-refractivity contribution in [2.24, 2.45) is 0 Å². The molecule has 0 spiro atoms. The molecule has 2 aromatic carbocycles. The molecule has 0 aliphatic carbocycles. The molecule has 5 nitrogen and oxygen atoms in total. The first-order valence-corrected chi connectivity index (χ1v) is 11.5. The fourth-order valence-electron chi connectivity index (χ4n) is 2.62. The normalized spacial score (nSPS) is 11.5. The van der Waals surface area contributed by atoms with E-state index in [4.69, 9.17) is 0 Å². The molecule has 0 radical (unpaired) electrons. The minimum atomic E-state index is -3.41. The van der Waals surface area contributed by atoms with Gasteiger partial charge in [-0.25, -0.2) is 13.4 Å². The number of rotatable bonds is 7. The summed E-state index contributed by atoms with van der Waals surface area (Å²) in [6, 6.07) is 15.0. The first-order valence-electron chi connectivity index (χ1n) is 8.94. The SMILES string of the molecule is CC(C)c1nc(CNC(=O)c2ccc(CS(=O)(=O)c3ccccc3)cc2)cs1. The Morgan fingerprint density at radius 1 is 1.07 bits per heavy atom. The second-order valence-electron chi connectivity index (χ2n) is 6.78. The average molecular weight is 415 g/mol. The summed E-state index contributed by atoms with van der Waals surface area (Å²) < 4.78 is 24.9. The van der Waals surface area contributed by atoms with E-state index >= 15 is 0 Å². The third kappa shape index (κ3) is 5.05. The van der Waals surface area contributed by atoms with Gasteiger partial charge in [0.2, 0.25) is 0 Å². The maximum absolute atomic E-state index is 12.4. The van der Waals surface area contributed by atoms with Gasteiger partial charge in [-0.05, 0) is 29.8 Å². The number of hydrogen-bond donors (Lipinski definition) is 1. The van der Waals surface area contributed by atoms with E-state index in [1.54, 1.807) is 65.9 Å². The van der Waals surface area contributed by atoms with Gasteiger partial charge in [-0.2, -0.15) is 0 Å². The Balaban J connectivity index is 1.61. The van der Waals surface area contributed by atoms with Crippen LogP contribution in [0.25, 0.3) is 0 Å². The summed E-state index contributed by atoms with van der Waals surface area (Å²) in [5, 5.41) is 5.85.